The maximum atomic E-state index is 12.8. The van der Waals surface area contributed by atoms with Crippen LogP contribution in [0.25, 0.3) is 0 Å². The lowest BCUT2D eigenvalue weighted by Gasteiger charge is -2.10. The third-order valence-corrected chi connectivity index (χ3v) is 1.43. The van der Waals surface area contributed by atoms with Crippen LogP contribution in [0.4, 0.5) is 18.9 Å². The van der Waals surface area contributed by atoms with Gasteiger partial charge in [-0.3, -0.25) is 10.1 Å². The summed E-state index contributed by atoms with van der Waals surface area (Å²) in [5.41, 5.74) is -4.69. The lowest BCUT2D eigenvalue weighted by atomic mass is 10.3. The molecule has 0 saturated heterocycles. The predicted molar refractivity (Wildman–Crippen MR) is 44.5 cm³/mol. The molecule has 0 atom stereocenters. The van der Waals surface area contributed by atoms with Gasteiger partial charge in [-0.05, 0) is 6.07 Å². The second-order valence-corrected chi connectivity index (χ2v) is 2.86. The number of rotatable bonds is 3. The first-order valence-electron chi connectivity index (χ1n) is 3.49. The van der Waals surface area contributed by atoms with Gasteiger partial charge >= 0.3 is 5.57 Å². The molecule has 0 fully saturated rings. The fourth-order valence-electron chi connectivity index (χ4n) is 0.809. The van der Waals surface area contributed by atoms with E-state index in [9.17, 15) is 23.3 Å². The van der Waals surface area contributed by atoms with Crippen molar-refractivity contribution < 1.29 is 22.8 Å². The van der Waals surface area contributed by atoms with Crippen LogP contribution >= 0.6 is 11.6 Å². The fourth-order valence-corrected chi connectivity index (χ4v) is 0.892. The minimum Gasteiger partial charge on any atom is -0.417 e. The van der Waals surface area contributed by atoms with Crippen LogP contribution in [-0.4, -0.2) is 10.5 Å². The molecule has 1 rings (SSSR count). The van der Waals surface area contributed by atoms with Crippen molar-refractivity contribution in [1.82, 2.24) is 0 Å². The summed E-state index contributed by atoms with van der Waals surface area (Å²) < 4.78 is 40.8. The molecule has 4 nitrogen and oxygen atoms in total. The fraction of sp³-hybridized carbons (Fsp3) is 0.143. The Morgan fingerprint density at radius 1 is 1.47 bits per heavy atom. The monoisotopic (exact) mass is 241 g/mol. The number of halogens is 4. The highest BCUT2D eigenvalue weighted by Gasteiger charge is 2.29. The molecule has 0 aliphatic rings. The minimum absolute atomic E-state index is 0.519. The molecule has 0 heterocycles. The Bertz CT molecular complexity index is 394. The molecule has 0 aliphatic carbocycles. The van der Waals surface area contributed by atoms with E-state index >= 15 is 0 Å². The van der Waals surface area contributed by atoms with E-state index < -0.39 is 27.7 Å². The molecule has 15 heavy (non-hydrogen) atoms. The maximum Gasteiger partial charge on any atom is 0.487 e. The van der Waals surface area contributed by atoms with Gasteiger partial charge < -0.3 is 4.74 Å². The number of nitro benzene ring substituents is 1. The van der Waals surface area contributed by atoms with Gasteiger partial charge in [0, 0.05) is 17.7 Å². The summed E-state index contributed by atoms with van der Waals surface area (Å²) in [5.74, 6) is -2.15. The Morgan fingerprint density at radius 3 is 2.53 bits per heavy atom. The Morgan fingerprint density at radius 2 is 2.07 bits per heavy atom. The number of non-ortho nitro benzene ring substituents is 1. The molecular weight excluding hydrogens is 239 g/mol. The predicted octanol–water partition coefficient (Wildman–Crippen LogP) is 2.90. The largest absolute Gasteiger partial charge is 0.487 e. The van der Waals surface area contributed by atoms with Gasteiger partial charge in [-0.15, -0.1) is 8.78 Å². The first-order valence-corrected chi connectivity index (χ1v) is 3.87. The Labute approximate surface area is 86.4 Å². The van der Waals surface area contributed by atoms with E-state index in [0.717, 1.165) is 6.07 Å². The number of nitrogens with zero attached hydrogens (tertiary/aromatic N) is 1. The van der Waals surface area contributed by atoms with Crippen molar-refractivity contribution in [2.24, 2.45) is 0 Å². The standard InChI is InChI=1S/C7H3ClF3NO3/c8-7(10,11)15-6-3-4(12(13)14)1-2-5(6)9/h1-3H. The minimum atomic E-state index is -4.12. The normalized spacial score (nSPS) is 11.2. The van der Waals surface area contributed by atoms with Gasteiger partial charge in [-0.2, -0.15) is 0 Å². The van der Waals surface area contributed by atoms with Crippen LogP contribution in [0.15, 0.2) is 18.2 Å². The molecule has 0 amide bonds. The van der Waals surface area contributed by atoms with E-state index in [1.165, 1.54) is 0 Å². The average Bonchev–Trinajstić information content (AvgIpc) is 2.06. The van der Waals surface area contributed by atoms with Crippen LogP contribution < -0.4 is 4.74 Å². The van der Waals surface area contributed by atoms with Crippen LogP contribution in [0.5, 0.6) is 5.75 Å². The highest BCUT2D eigenvalue weighted by molar-refractivity contribution is 6.20. The third kappa shape index (κ3) is 3.28. The number of hydrogen-bond donors (Lipinski definition) is 0. The SMILES string of the molecule is O=[N+]([O-])c1ccc(F)c(OC(F)(F)Cl)c1. The van der Waals surface area contributed by atoms with Gasteiger partial charge in [0.25, 0.3) is 5.69 Å². The Hall–Kier alpha value is -1.50. The summed E-state index contributed by atoms with van der Waals surface area (Å²) in [6.07, 6.45) is 0. The summed E-state index contributed by atoms with van der Waals surface area (Å²) in [5, 5.41) is 10.2. The molecule has 0 N–H and O–H groups in total. The van der Waals surface area contributed by atoms with Crippen molar-refractivity contribution in [1.29, 1.82) is 0 Å². The van der Waals surface area contributed by atoms with E-state index in [4.69, 9.17) is 0 Å². The van der Waals surface area contributed by atoms with Crippen molar-refractivity contribution in [3.8, 4) is 5.75 Å². The Kier molecular flexibility index (Phi) is 3.04. The van der Waals surface area contributed by atoms with Gasteiger partial charge in [-0.25, -0.2) is 4.39 Å². The van der Waals surface area contributed by atoms with E-state index in [1.807, 2.05) is 0 Å². The summed E-state index contributed by atoms with van der Waals surface area (Å²) in [6, 6.07) is 1.97. The van der Waals surface area contributed by atoms with E-state index in [2.05, 4.69) is 16.3 Å². The average molecular weight is 242 g/mol. The number of ether oxygens (including phenoxy) is 1. The summed E-state index contributed by atoms with van der Waals surface area (Å²) in [7, 11) is 0. The van der Waals surface area contributed by atoms with Crippen molar-refractivity contribution in [2.45, 2.75) is 5.57 Å². The molecule has 0 bridgehead atoms. The lowest BCUT2D eigenvalue weighted by molar-refractivity contribution is -0.385. The second-order valence-electron chi connectivity index (χ2n) is 2.42. The van der Waals surface area contributed by atoms with Crippen LogP contribution in [0.1, 0.15) is 0 Å². The van der Waals surface area contributed by atoms with E-state index in [-0.39, 0.29) is 0 Å². The first kappa shape index (κ1) is 11.6. The van der Waals surface area contributed by atoms with Crippen LogP contribution in [0.3, 0.4) is 0 Å². The molecule has 0 spiro atoms. The van der Waals surface area contributed by atoms with Crippen molar-refractivity contribution in [3.63, 3.8) is 0 Å². The number of benzene rings is 1. The first-order chi connectivity index (χ1) is 6.79. The zero-order chi connectivity index (χ0) is 11.6. The second kappa shape index (κ2) is 3.93. The van der Waals surface area contributed by atoms with E-state index in [0.29, 0.717) is 12.1 Å². The summed E-state index contributed by atoms with van der Waals surface area (Å²) >= 11 is 4.38. The highest BCUT2D eigenvalue weighted by atomic mass is 35.5. The van der Waals surface area contributed by atoms with Gasteiger partial charge in [0.15, 0.2) is 11.6 Å². The summed E-state index contributed by atoms with van der Waals surface area (Å²) in [4.78, 5) is 9.36. The van der Waals surface area contributed by atoms with Gasteiger partial charge in [-0.1, -0.05) is 0 Å². The molecule has 0 saturated carbocycles. The Balaban J connectivity index is 3.06. The zero-order valence-electron chi connectivity index (χ0n) is 6.92. The molecular formula is C7H3ClF3NO3. The third-order valence-electron chi connectivity index (χ3n) is 1.35. The molecule has 1 aromatic rings. The van der Waals surface area contributed by atoms with Crippen molar-refractivity contribution >= 4 is 17.3 Å². The quantitative estimate of drug-likeness (QED) is 0.464. The summed E-state index contributed by atoms with van der Waals surface area (Å²) in [6.45, 7) is 0. The highest BCUT2D eigenvalue weighted by Crippen LogP contribution is 2.30. The number of alkyl halides is 3. The van der Waals surface area contributed by atoms with Crippen LogP contribution in [0, 0.1) is 15.9 Å². The molecule has 1 aromatic carbocycles. The van der Waals surface area contributed by atoms with Gasteiger partial charge in [0.05, 0.1) is 11.0 Å². The maximum absolute atomic E-state index is 12.8. The molecule has 0 unspecified atom stereocenters. The lowest BCUT2D eigenvalue weighted by Crippen LogP contribution is -2.16. The molecule has 0 aromatic heterocycles. The molecule has 0 radical (unpaired) electrons. The topological polar surface area (TPSA) is 52.4 Å². The molecule has 82 valence electrons. The smallest absolute Gasteiger partial charge is 0.417 e. The zero-order valence-corrected chi connectivity index (χ0v) is 7.67. The number of nitro groups is 1. The van der Waals surface area contributed by atoms with Crippen LogP contribution in [0.2, 0.25) is 0 Å². The van der Waals surface area contributed by atoms with E-state index in [1.54, 1.807) is 0 Å². The van der Waals surface area contributed by atoms with Crippen LogP contribution in [-0.2, 0) is 0 Å². The van der Waals surface area contributed by atoms with Gasteiger partial charge in [0.1, 0.15) is 0 Å². The van der Waals surface area contributed by atoms with Crippen molar-refractivity contribution in [3.05, 3.63) is 34.1 Å². The van der Waals surface area contributed by atoms with Crippen molar-refractivity contribution in [2.75, 3.05) is 0 Å². The number of hydrogen-bond acceptors (Lipinski definition) is 3. The molecule has 0 aliphatic heterocycles. The molecule has 8 heteroatoms. The van der Waals surface area contributed by atoms with Gasteiger partial charge in [0.2, 0.25) is 0 Å².